The Hall–Kier alpha value is -1.77. The standard InChI is InChI=1S/C17H24N2O/c1-13-6-11-16(18-19(12-13)17(2,3)4)14-7-9-15(20-5)10-8-14/h7-10,12H,6,11H2,1-5H3. The van der Waals surface area contributed by atoms with Gasteiger partial charge in [0, 0.05) is 6.20 Å². The Bertz CT molecular complexity index is 521. The highest BCUT2D eigenvalue weighted by atomic mass is 16.5. The second-order valence-electron chi connectivity index (χ2n) is 6.27. The Morgan fingerprint density at radius 2 is 1.75 bits per heavy atom. The summed E-state index contributed by atoms with van der Waals surface area (Å²) in [5, 5.41) is 6.93. The SMILES string of the molecule is COc1ccc(C2=NN(C(C)(C)C)C=C(C)CC2)cc1. The minimum absolute atomic E-state index is 0.0106. The number of nitrogens with zero attached hydrogens (tertiary/aromatic N) is 2. The van der Waals surface area contributed by atoms with E-state index in [1.54, 1.807) is 7.11 Å². The third-order valence-corrected chi connectivity index (χ3v) is 3.44. The van der Waals surface area contributed by atoms with Gasteiger partial charge in [0.2, 0.25) is 0 Å². The van der Waals surface area contributed by atoms with E-state index < -0.39 is 0 Å². The minimum Gasteiger partial charge on any atom is -0.497 e. The molecule has 2 rings (SSSR count). The van der Waals surface area contributed by atoms with E-state index in [2.05, 4.69) is 51.0 Å². The smallest absolute Gasteiger partial charge is 0.118 e. The molecule has 0 aliphatic carbocycles. The Labute approximate surface area is 121 Å². The normalized spacial score (nSPS) is 16.4. The molecule has 1 aromatic rings. The lowest BCUT2D eigenvalue weighted by Gasteiger charge is -2.30. The quantitative estimate of drug-likeness (QED) is 0.806. The molecule has 108 valence electrons. The molecule has 0 N–H and O–H groups in total. The highest BCUT2D eigenvalue weighted by Gasteiger charge is 2.21. The predicted octanol–water partition coefficient (Wildman–Crippen LogP) is 4.20. The van der Waals surface area contributed by atoms with Crippen molar-refractivity contribution in [1.82, 2.24) is 5.01 Å². The van der Waals surface area contributed by atoms with Gasteiger partial charge in [-0.1, -0.05) is 5.57 Å². The Morgan fingerprint density at radius 3 is 2.30 bits per heavy atom. The molecule has 0 atom stereocenters. The molecule has 0 unspecified atom stereocenters. The van der Waals surface area contributed by atoms with Gasteiger partial charge in [-0.15, -0.1) is 0 Å². The van der Waals surface area contributed by atoms with Crippen molar-refractivity contribution in [1.29, 1.82) is 0 Å². The Balaban J connectivity index is 2.33. The van der Waals surface area contributed by atoms with Crippen LogP contribution < -0.4 is 4.74 Å². The van der Waals surface area contributed by atoms with Gasteiger partial charge >= 0.3 is 0 Å². The largest absolute Gasteiger partial charge is 0.497 e. The summed E-state index contributed by atoms with van der Waals surface area (Å²) in [6.07, 6.45) is 4.19. The first-order valence-corrected chi connectivity index (χ1v) is 7.08. The molecular formula is C17H24N2O. The molecule has 0 radical (unpaired) electrons. The maximum atomic E-state index is 5.21. The molecular weight excluding hydrogens is 248 g/mol. The topological polar surface area (TPSA) is 24.8 Å². The Kier molecular flexibility index (Phi) is 4.17. The van der Waals surface area contributed by atoms with E-state index in [1.807, 2.05) is 12.1 Å². The number of methoxy groups -OCH3 is 1. The zero-order valence-corrected chi connectivity index (χ0v) is 13.1. The van der Waals surface area contributed by atoms with Crippen molar-refractivity contribution in [2.45, 2.75) is 46.1 Å². The fourth-order valence-electron chi connectivity index (χ4n) is 2.13. The monoisotopic (exact) mass is 272 g/mol. The van der Waals surface area contributed by atoms with Crippen LogP contribution in [0.2, 0.25) is 0 Å². The summed E-state index contributed by atoms with van der Waals surface area (Å²) in [4.78, 5) is 0. The van der Waals surface area contributed by atoms with Crippen molar-refractivity contribution in [2.75, 3.05) is 7.11 Å². The van der Waals surface area contributed by atoms with Crippen LogP contribution in [-0.2, 0) is 0 Å². The van der Waals surface area contributed by atoms with Crippen molar-refractivity contribution in [3.63, 3.8) is 0 Å². The van der Waals surface area contributed by atoms with Crippen LogP contribution >= 0.6 is 0 Å². The van der Waals surface area contributed by atoms with Gasteiger partial charge in [-0.25, -0.2) is 0 Å². The number of hydrazone groups is 1. The van der Waals surface area contributed by atoms with Crippen LogP contribution in [0.4, 0.5) is 0 Å². The third kappa shape index (κ3) is 3.41. The molecule has 1 aliphatic heterocycles. The Morgan fingerprint density at radius 1 is 1.10 bits per heavy atom. The molecule has 3 nitrogen and oxygen atoms in total. The molecule has 1 aliphatic rings. The summed E-state index contributed by atoms with van der Waals surface area (Å²) in [6, 6.07) is 8.15. The highest BCUT2D eigenvalue weighted by molar-refractivity contribution is 6.00. The van der Waals surface area contributed by atoms with E-state index in [-0.39, 0.29) is 5.54 Å². The van der Waals surface area contributed by atoms with E-state index in [0.29, 0.717) is 0 Å². The van der Waals surface area contributed by atoms with Crippen molar-refractivity contribution in [2.24, 2.45) is 5.10 Å². The number of hydrogen-bond acceptors (Lipinski definition) is 3. The van der Waals surface area contributed by atoms with Crippen LogP contribution in [-0.4, -0.2) is 23.4 Å². The number of rotatable bonds is 2. The molecule has 1 aromatic carbocycles. The molecule has 0 aromatic heterocycles. The fourth-order valence-corrected chi connectivity index (χ4v) is 2.13. The first-order valence-electron chi connectivity index (χ1n) is 7.08. The molecule has 3 heteroatoms. The molecule has 0 spiro atoms. The number of allylic oxidation sites excluding steroid dienone is 1. The van der Waals surface area contributed by atoms with Crippen LogP contribution in [0.25, 0.3) is 0 Å². The van der Waals surface area contributed by atoms with Gasteiger partial charge in [0.25, 0.3) is 0 Å². The third-order valence-electron chi connectivity index (χ3n) is 3.44. The van der Waals surface area contributed by atoms with Crippen molar-refractivity contribution < 1.29 is 4.74 Å². The second kappa shape index (κ2) is 5.70. The van der Waals surface area contributed by atoms with Crippen LogP contribution in [0.1, 0.15) is 46.1 Å². The molecule has 0 saturated carbocycles. The van der Waals surface area contributed by atoms with Crippen LogP contribution in [0.15, 0.2) is 41.1 Å². The first kappa shape index (κ1) is 14.6. The van der Waals surface area contributed by atoms with Crippen molar-refractivity contribution >= 4 is 5.71 Å². The zero-order chi connectivity index (χ0) is 14.8. The van der Waals surface area contributed by atoms with Crippen LogP contribution in [0.3, 0.4) is 0 Å². The fraction of sp³-hybridized carbons (Fsp3) is 0.471. The number of benzene rings is 1. The van der Waals surface area contributed by atoms with E-state index in [0.717, 1.165) is 24.3 Å². The highest BCUT2D eigenvalue weighted by Crippen LogP contribution is 2.24. The van der Waals surface area contributed by atoms with E-state index >= 15 is 0 Å². The van der Waals surface area contributed by atoms with E-state index in [1.165, 1.54) is 11.1 Å². The number of ether oxygens (including phenoxy) is 1. The molecule has 1 heterocycles. The van der Waals surface area contributed by atoms with Gasteiger partial charge in [-0.05, 0) is 70.4 Å². The summed E-state index contributed by atoms with van der Waals surface area (Å²) >= 11 is 0. The summed E-state index contributed by atoms with van der Waals surface area (Å²) < 4.78 is 5.21. The van der Waals surface area contributed by atoms with Gasteiger partial charge in [-0.2, -0.15) is 5.10 Å². The molecule has 0 amide bonds. The lowest BCUT2D eigenvalue weighted by molar-refractivity contribution is 0.214. The summed E-state index contributed by atoms with van der Waals surface area (Å²) in [7, 11) is 1.69. The van der Waals surface area contributed by atoms with Gasteiger partial charge in [-0.3, -0.25) is 5.01 Å². The maximum absolute atomic E-state index is 5.21. The molecule has 0 fully saturated rings. The van der Waals surface area contributed by atoms with Gasteiger partial charge in [0.05, 0.1) is 18.4 Å². The average molecular weight is 272 g/mol. The van der Waals surface area contributed by atoms with Crippen molar-refractivity contribution in [3.8, 4) is 5.75 Å². The average Bonchev–Trinajstić information content (AvgIpc) is 2.60. The molecule has 0 saturated heterocycles. The minimum atomic E-state index is -0.0106. The van der Waals surface area contributed by atoms with Crippen LogP contribution in [0, 0.1) is 0 Å². The van der Waals surface area contributed by atoms with Gasteiger partial charge in [0.1, 0.15) is 5.75 Å². The van der Waals surface area contributed by atoms with E-state index in [4.69, 9.17) is 9.84 Å². The second-order valence-corrected chi connectivity index (χ2v) is 6.27. The zero-order valence-electron chi connectivity index (χ0n) is 13.1. The summed E-state index contributed by atoms with van der Waals surface area (Å²) in [5.74, 6) is 0.880. The van der Waals surface area contributed by atoms with Gasteiger partial charge < -0.3 is 4.74 Å². The molecule has 20 heavy (non-hydrogen) atoms. The van der Waals surface area contributed by atoms with E-state index in [9.17, 15) is 0 Å². The first-order chi connectivity index (χ1) is 9.40. The lowest BCUT2D eigenvalue weighted by Crippen LogP contribution is -2.33. The maximum Gasteiger partial charge on any atom is 0.118 e. The van der Waals surface area contributed by atoms with Gasteiger partial charge in [0.15, 0.2) is 0 Å². The van der Waals surface area contributed by atoms with Crippen LogP contribution in [0.5, 0.6) is 5.75 Å². The number of hydrogen-bond donors (Lipinski definition) is 0. The lowest BCUT2D eigenvalue weighted by atomic mass is 10.0. The summed E-state index contributed by atoms with van der Waals surface area (Å²) in [6.45, 7) is 8.71. The summed E-state index contributed by atoms with van der Waals surface area (Å²) in [5.41, 5.74) is 3.66. The molecule has 0 bridgehead atoms. The van der Waals surface area contributed by atoms with Crippen molar-refractivity contribution in [3.05, 3.63) is 41.6 Å². The predicted molar refractivity (Wildman–Crippen MR) is 84.1 cm³/mol.